The smallest absolute Gasteiger partial charge is 0.271 e. The van der Waals surface area contributed by atoms with Crippen molar-refractivity contribution in [3.8, 4) is 11.8 Å². The Labute approximate surface area is 108 Å². The summed E-state index contributed by atoms with van der Waals surface area (Å²) in [5.74, 6) is 5.43. The van der Waals surface area contributed by atoms with Crippen LogP contribution in [-0.2, 0) is 4.79 Å². The molecular weight excluding hydrogens is 248 g/mol. The lowest BCUT2D eigenvalue weighted by Crippen LogP contribution is -2.19. The summed E-state index contributed by atoms with van der Waals surface area (Å²) < 4.78 is 0. The first kappa shape index (κ1) is 12.6. The van der Waals surface area contributed by atoms with Gasteiger partial charge in [0.2, 0.25) is 5.91 Å². The van der Waals surface area contributed by atoms with Gasteiger partial charge in [0, 0.05) is 24.4 Å². The first-order valence-electron chi connectivity index (χ1n) is 5.44. The molecule has 1 aromatic heterocycles. The Morgan fingerprint density at radius 3 is 3.05 bits per heavy atom. The van der Waals surface area contributed by atoms with E-state index in [9.17, 15) is 14.9 Å². The van der Waals surface area contributed by atoms with Crippen LogP contribution in [0.25, 0.3) is 10.9 Å². The van der Waals surface area contributed by atoms with Crippen molar-refractivity contribution >= 4 is 22.5 Å². The summed E-state index contributed by atoms with van der Waals surface area (Å²) >= 11 is 0. The number of nitro benzene ring substituents is 1. The predicted molar refractivity (Wildman–Crippen MR) is 68.3 cm³/mol. The second-order valence-electron chi connectivity index (χ2n) is 3.77. The molecule has 19 heavy (non-hydrogen) atoms. The third-order valence-electron chi connectivity index (χ3n) is 2.39. The highest BCUT2D eigenvalue weighted by Crippen LogP contribution is 2.20. The molecular formula is C12H10N4O3. The number of aromatic amines is 1. The molecule has 2 N–H and O–H groups in total. The van der Waals surface area contributed by atoms with E-state index >= 15 is 0 Å². The van der Waals surface area contributed by atoms with Crippen LogP contribution in [0, 0.1) is 22.0 Å². The number of non-ortho nitro benzene ring substituents is 1. The van der Waals surface area contributed by atoms with E-state index in [1.807, 2.05) is 0 Å². The van der Waals surface area contributed by atoms with Crippen molar-refractivity contribution in [3.63, 3.8) is 0 Å². The first-order chi connectivity index (χ1) is 9.08. The zero-order valence-corrected chi connectivity index (χ0v) is 10.1. The topological polar surface area (TPSA) is 101 Å². The van der Waals surface area contributed by atoms with Gasteiger partial charge in [-0.15, -0.1) is 0 Å². The van der Waals surface area contributed by atoms with E-state index in [0.717, 1.165) is 0 Å². The Hall–Kier alpha value is -2.88. The lowest BCUT2D eigenvalue weighted by Gasteiger charge is -1.92. The lowest BCUT2D eigenvalue weighted by molar-refractivity contribution is -0.384. The van der Waals surface area contributed by atoms with Crippen LogP contribution in [0.15, 0.2) is 18.2 Å². The summed E-state index contributed by atoms with van der Waals surface area (Å²) in [7, 11) is 0. The number of hydrogen-bond donors (Lipinski definition) is 2. The zero-order valence-electron chi connectivity index (χ0n) is 10.1. The standard InChI is InChI=1S/C12H10N4O3/c1-8(17)13-6-2-3-11-10-5-4-9(16(18)19)7-12(10)15-14-11/h4-5,7H,6H2,1H3,(H,13,17)(H,14,15). The Morgan fingerprint density at radius 2 is 2.37 bits per heavy atom. The van der Waals surface area contributed by atoms with Crippen LogP contribution in [0.3, 0.4) is 0 Å². The molecule has 0 atom stereocenters. The number of rotatable bonds is 2. The molecule has 0 saturated carbocycles. The van der Waals surface area contributed by atoms with E-state index in [1.54, 1.807) is 6.07 Å². The van der Waals surface area contributed by atoms with Crippen molar-refractivity contribution in [1.82, 2.24) is 15.5 Å². The monoisotopic (exact) mass is 258 g/mol. The average molecular weight is 258 g/mol. The van der Waals surface area contributed by atoms with Crippen LogP contribution in [0.1, 0.15) is 12.6 Å². The van der Waals surface area contributed by atoms with Gasteiger partial charge in [0.1, 0.15) is 11.2 Å². The average Bonchev–Trinajstić information content (AvgIpc) is 2.76. The van der Waals surface area contributed by atoms with Crippen molar-refractivity contribution in [3.05, 3.63) is 34.0 Å². The van der Waals surface area contributed by atoms with Crippen LogP contribution in [0.5, 0.6) is 0 Å². The summed E-state index contributed by atoms with van der Waals surface area (Å²) in [6.07, 6.45) is 0. The number of H-pyrrole nitrogens is 1. The minimum atomic E-state index is -0.476. The van der Waals surface area contributed by atoms with Crippen molar-refractivity contribution in [2.24, 2.45) is 0 Å². The Bertz CT molecular complexity index is 709. The van der Waals surface area contributed by atoms with Crippen molar-refractivity contribution in [1.29, 1.82) is 0 Å². The molecule has 2 rings (SSSR count). The van der Waals surface area contributed by atoms with Crippen LogP contribution >= 0.6 is 0 Å². The van der Waals surface area contributed by atoms with Crippen LogP contribution in [-0.4, -0.2) is 27.6 Å². The van der Waals surface area contributed by atoms with Gasteiger partial charge in [-0.25, -0.2) is 0 Å². The largest absolute Gasteiger partial charge is 0.345 e. The number of nitrogens with one attached hydrogen (secondary N) is 2. The maximum absolute atomic E-state index is 10.7. The number of nitro groups is 1. The highest BCUT2D eigenvalue weighted by molar-refractivity contribution is 5.85. The highest BCUT2D eigenvalue weighted by Gasteiger charge is 2.09. The SMILES string of the molecule is CC(=O)NCC#Cc1[nH]nc2cc([N+](=O)[O-])ccc12. The van der Waals surface area contributed by atoms with E-state index in [2.05, 4.69) is 27.4 Å². The first-order valence-corrected chi connectivity index (χ1v) is 5.44. The van der Waals surface area contributed by atoms with Crippen molar-refractivity contribution in [2.75, 3.05) is 6.54 Å². The Kier molecular flexibility index (Phi) is 3.43. The maximum Gasteiger partial charge on any atom is 0.271 e. The second kappa shape index (κ2) is 5.18. The molecule has 1 amide bonds. The number of amides is 1. The van der Waals surface area contributed by atoms with E-state index in [0.29, 0.717) is 16.6 Å². The normalized spacial score (nSPS) is 9.74. The zero-order chi connectivity index (χ0) is 13.8. The molecule has 2 aromatic rings. The summed E-state index contributed by atoms with van der Waals surface area (Å²) in [4.78, 5) is 20.8. The molecule has 7 nitrogen and oxygen atoms in total. The van der Waals surface area contributed by atoms with Crippen LogP contribution in [0.4, 0.5) is 5.69 Å². The second-order valence-corrected chi connectivity index (χ2v) is 3.77. The van der Waals surface area contributed by atoms with E-state index < -0.39 is 4.92 Å². The van der Waals surface area contributed by atoms with Gasteiger partial charge in [-0.3, -0.25) is 20.0 Å². The van der Waals surface area contributed by atoms with E-state index in [-0.39, 0.29) is 18.1 Å². The molecule has 0 aliphatic heterocycles. The van der Waals surface area contributed by atoms with Gasteiger partial charge in [-0.05, 0) is 12.0 Å². The molecule has 1 aromatic carbocycles. The van der Waals surface area contributed by atoms with Gasteiger partial charge >= 0.3 is 0 Å². The number of nitrogens with zero attached hydrogens (tertiary/aromatic N) is 2. The molecule has 0 radical (unpaired) electrons. The minimum absolute atomic E-state index is 0.0169. The summed E-state index contributed by atoms with van der Waals surface area (Å²) in [5.41, 5.74) is 1.03. The quantitative estimate of drug-likeness (QED) is 0.476. The lowest BCUT2D eigenvalue weighted by atomic mass is 10.2. The summed E-state index contributed by atoms with van der Waals surface area (Å²) in [5, 5.41) is 20.5. The van der Waals surface area contributed by atoms with Gasteiger partial charge in [0.15, 0.2) is 0 Å². The molecule has 0 bridgehead atoms. The third-order valence-corrected chi connectivity index (χ3v) is 2.39. The number of benzene rings is 1. The van der Waals surface area contributed by atoms with E-state index in [1.165, 1.54) is 19.1 Å². The number of fused-ring (bicyclic) bond motifs is 1. The van der Waals surface area contributed by atoms with E-state index in [4.69, 9.17) is 0 Å². The predicted octanol–water partition coefficient (Wildman–Crippen LogP) is 0.959. The fraction of sp³-hybridized carbons (Fsp3) is 0.167. The van der Waals surface area contributed by atoms with Gasteiger partial charge in [0.05, 0.1) is 11.5 Å². The fourth-order valence-corrected chi connectivity index (χ4v) is 1.51. The summed E-state index contributed by atoms with van der Waals surface area (Å²) in [6, 6.07) is 4.38. The molecule has 1 heterocycles. The number of hydrogen-bond acceptors (Lipinski definition) is 4. The van der Waals surface area contributed by atoms with Gasteiger partial charge in [0.25, 0.3) is 5.69 Å². The molecule has 0 aliphatic rings. The molecule has 0 aliphatic carbocycles. The molecule has 96 valence electrons. The maximum atomic E-state index is 10.7. The number of carbonyl (C=O) groups excluding carboxylic acids is 1. The fourth-order valence-electron chi connectivity index (χ4n) is 1.51. The Morgan fingerprint density at radius 1 is 1.58 bits per heavy atom. The highest BCUT2D eigenvalue weighted by atomic mass is 16.6. The van der Waals surface area contributed by atoms with Gasteiger partial charge in [-0.1, -0.05) is 5.92 Å². The Balaban J connectivity index is 2.26. The minimum Gasteiger partial charge on any atom is -0.345 e. The molecule has 0 fully saturated rings. The molecule has 7 heteroatoms. The number of carbonyl (C=O) groups is 1. The molecule has 0 spiro atoms. The summed E-state index contributed by atoms with van der Waals surface area (Å²) in [6.45, 7) is 1.65. The van der Waals surface area contributed by atoms with Crippen LogP contribution < -0.4 is 5.32 Å². The van der Waals surface area contributed by atoms with Crippen molar-refractivity contribution < 1.29 is 9.72 Å². The van der Waals surface area contributed by atoms with Gasteiger partial charge < -0.3 is 5.32 Å². The van der Waals surface area contributed by atoms with Crippen LogP contribution in [0.2, 0.25) is 0 Å². The number of aromatic nitrogens is 2. The third kappa shape index (κ3) is 2.87. The molecule has 0 unspecified atom stereocenters. The van der Waals surface area contributed by atoms with Gasteiger partial charge in [-0.2, -0.15) is 5.10 Å². The van der Waals surface area contributed by atoms with Crippen molar-refractivity contribution in [2.45, 2.75) is 6.92 Å². The molecule has 0 saturated heterocycles.